The van der Waals surface area contributed by atoms with Crippen LogP contribution in [0.5, 0.6) is 5.88 Å². The molecule has 4 rings (SSSR count). The summed E-state index contributed by atoms with van der Waals surface area (Å²) in [7, 11) is 0. The van der Waals surface area contributed by atoms with E-state index in [1.54, 1.807) is 4.68 Å². The van der Waals surface area contributed by atoms with Crippen LogP contribution in [0, 0.1) is 0 Å². The van der Waals surface area contributed by atoms with Crippen molar-refractivity contribution in [2.75, 3.05) is 5.73 Å². The van der Waals surface area contributed by atoms with E-state index >= 15 is 0 Å². The molecule has 7 nitrogen and oxygen atoms in total. The van der Waals surface area contributed by atoms with Gasteiger partial charge >= 0.3 is 0 Å². The van der Waals surface area contributed by atoms with E-state index in [-0.39, 0.29) is 23.8 Å². The SMILES string of the molecule is Nc1ncnc2c1c(O)nn2[C@H]1C[C@H](OCc2ccccc2)C1. The third-order valence-electron chi connectivity index (χ3n) is 4.24. The average molecular weight is 311 g/mol. The van der Waals surface area contributed by atoms with Crippen LogP contribution >= 0.6 is 0 Å². The summed E-state index contributed by atoms with van der Waals surface area (Å²) in [6, 6.07) is 10.3. The zero-order valence-electron chi connectivity index (χ0n) is 12.5. The maximum atomic E-state index is 9.94. The van der Waals surface area contributed by atoms with Gasteiger partial charge in [-0.1, -0.05) is 30.3 Å². The number of hydrogen-bond donors (Lipinski definition) is 2. The van der Waals surface area contributed by atoms with Crippen LogP contribution in [0.3, 0.4) is 0 Å². The second-order valence-corrected chi connectivity index (χ2v) is 5.77. The Balaban J connectivity index is 1.43. The van der Waals surface area contributed by atoms with Gasteiger partial charge in [-0.15, -0.1) is 5.10 Å². The van der Waals surface area contributed by atoms with Crippen LogP contribution in [0.1, 0.15) is 24.4 Å². The molecule has 1 fully saturated rings. The third kappa shape index (κ3) is 2.49. The largest absolute Gasteiger partial charge is 0.492 e. The molecule has 1 aromatic carbocycles. The van der Waals surface area contributed by atoms with Crippen molar-refractivity contribution >= 4 is 16.9 Å². The highest BCUT2D eigenvalue weighted by Crippen LogP contribution is 2.38. The predicted octanol–water partition coefficient (Wildman–Crippen LogP) is 2.03. The summed E-state index contributed by atoms with van der Waals surface area (Å²) in [5.41, 5.74) is 7.52. The molecule has 2 heterocycles. The van der Waals surface area contributed by atoms with E-state index in [9.17, 15) is 5.11 Å². The van der Waals surface area contributed by atoms with Crippen LogP contribution in [0.15, 0.2) is 36.7 Å². The molecule has 0 atom stereocenters. The van der Waals surface area contributed by atoms with Crippen molar-refractivity contribution in [1.82, 2.24) is 19.7 Å². The minimum absolute atomic E-state index is 0.119. The second kappa shape index (κ2) is 5.51. The molecule has 0 spiro atoms. The lowest BCUT2D eigenvalue weighted by molar-refractivity contribution is -0.0376. The number of benzene rings is 1. The molecule has 0 bridgehead atoms. The van der Waals surface area contributed by atoms with E-state index in [1.165, 1.54) is 11.9 Å². The van der Waals surface area contributed by atoms with Crippen molar-refractivity contribution < 1.29 is 9.84 Å². The van der Waals surface area contributed by atoms with Crippen LogP contribution in [-0.2, 0) is 11.3 Å². The van der Waals surface area contributed by atoms with Crippen LogP contribution in [-0.4, -0.2) is 31.0 Å². The van der Waals surface area contributed by atoms with Crippen LogP contribution in [0.2, 0.25) is 0 Å². The molecule has 1 aliphatic carbocycles. The smallest absolute Gasteiger partial charge is 0.243 e. The quantitative estimate of drug-likeness (QED) is 0.765. The highest BCUT2D eigenvalue weighted by atomic mass is 16.5. The summed E-state index contributed by atoms with van der Waals surface area (Å²) in [5, 5.41) is 14.5. The Morgan fingerprint density at radius 3 is 2.78 bits per heavy atom. The maximum absolute atomic E-state index is 9.94. The molecule has 0 aliphatic heterocycles. The molecular weight excluding hydrogens is 294 g/mol. The number of ether oxygens (including phenoxy) is 1. The van der Waals surface area contributed by atoms with Gasteiger partial charge in [-0.2, -0.15) is 0 Å². The van der Waals surface area contributed by atoms with Crippen molar-refractivity contribution in [3.63, 3.8) is 0 Å². The van der Waals surface area contributed by atoms with Crippen molar-refractivity contribution in [3.05, 3.63) is 42.2 Å². The molecule has 0 saturated heterocycles. The molecule has 1 saturated carbocycles. The number of nitrogens with two attached hydrogens (primary N) is 1. The van der Waals surface area contributed by atoms with Crippen molar-refractivity contribution in [2.45, 2.75) is 31.6 Å². The summed E-state index contributed by atoms with van der Waals surface area (Å²) in [6.07, 6.45) is 3.26. The zero-order valence-corrected chi connectivity index (χ0v) is 12.5. The van der Waals surface area contributed by atoms with Crippen LogP contribution in [0.25, 0.3) is 11.0 Å². The Bertz CT molecular complexity index is 827. The summed E-state index contributed by atoms with van der Waals surface area (Å²) in [5.74, 6) is 0.127. The van der Waals surface area contributed by atoms with Gasteiger partial charge in [-0.25, -0.2) is 14.6 Å². The molecule has 3 aromatic rings. The normalized spacial score (nSPS) is 20.5. The molecule has 3 N–H and O–H groups in total. The number of hydrogen-bond acceptors (Lipinski definition) is 6. The summed E-state index contributed by atoms with van der Waals surface area (Å²) in [4.78, 5) is 8.08. The van der Waals surface area contributed by atoms with E-state index < -0.39 is 0 Å². The summed E-state index contributed by atoms with van der Waals surface area (Å²) in [6.45, 7) is 0.610. The number of anilines is 1. The first-order valence-electron chi connectivity index (χ1n) is 7.55. The Kier molecular flexibility index (Phi) is 3.34. The fraction of sp³-hybridized carbons (Fsp3) is 0.312. The van der Waals surface area contributed by atoms with Gasteiger partial charge in [0.1, 0.15) is 17.5 Å². The number of nitrogen functional groups attached to an aromatic ring is 1. The van der Waals surface area contributed by atoms with Gasteiger partial charge in [0.15, 0.2) is 5.65 Å². The molecule has 0 unspecified atom stereocenters. The number of rotatable bonds is 4. The van der Waals surface area contributed by atoms with Crippen molar-refractivity contribution in [1.29, 1.82) is 0 Å². The summed E-state index contributed by atoms with van der Waals surface area (Å²) >= 11 is 0. The molecule has 7 heteroatoms. The van der Waals surface area contributed by atoms with E-state index in [0.29, 0.717) is 17.6 Å². The van der Waals surface area contributed by atoms with Gasteiger partial charge in [0.25, 0.3) is 0 Å². The second-order valence-electron chi connectivity index (χ2n) is 5.77. The number of fused-ring (bicyclic) bond motifs is 1. The molecule has 0 radical (unpaired) electrons. The van der Waals surface area contributed by atoms with Crippen molar-refractivity contribution in [3.8, 4) is 5.88 Å². The van der Waals surface area contributed by atoms with E-state index in [2.05, 4.69) is 27.2 Å². The van der Waals surface area contributed by atoms with Gasteiger partial charge in [0, 0.05) is 0 Å². The Morgan fingerprint density at radius 1 is 1.22 bits per heavy atom. The first kappa shape index (κ1) is 14.0. The third-order valence-corrected chi connectivity index (χ3v) is 4.24. The van der Waals surface area contributed by atoms with E-state index in [1.807, 2.05) is 18.2 Å². The van der Waals surface area contributed by atoms with Gasteiger partial charge in [0.2, 0.25) is 5.88 Å². The number of nitrogens with zero attached hydrogens (tertiary/aromatic N) is 4. The lowest BCUT2D eigenvalue weighted by Crippen LogP contribution is -2.33. The highest BCUT2D eigenvalue weighted by Gasteiger charge is 2.34. The maximum Gasteiger partial charge on any atom is 0.243 e. The van der Waals surface area contributed by atoms with Gasteiger partial charge in [-0.05, 0) is 18.4 Å². The molecule has 1 aliphatic rings. The standard InChI is InChI=1S/C16H17N5O2/c17-14-13-15(19-9-18-14)21(20-16(13)22)11-6-12(7-11)23-8-10-4-2-1-3-5-10/h1-5,9,11-12H,6-8H2,(H,20,22)(H2,17,18,19)/t11-,12-. The first-order valence-corrected chi connectivity index (χ1v) is 7.55. The monoisotopic (exact) mass is 311 g/mol. The lowest BCUT2D eigenvalue weighted by Gasteiger charge is -2.35. The molecule has 2 aromatic heterocycles. The molecular formula is C16H17N5O2. The predicted molar refractivity (Wildman–Crippen MR) is 84.7 cm³/mol. The lowest BCUT2D eigenvalue weighted by atomic mass is 9.89. The fourth-order valence-electron chi connectivity index (χ4n) is 2.89. The number of aromatic nitrogens is 4. The molecule has 0 amide bonds. The molecule has 118 valence electrons. The topological polar surface area (TPSA) is 99.1 Å². The number of aromatic hydroxyl groups is 1. The van der Waals surface area contributed by atoms with Crippen LogP contribution in [0.4, 0.5) is 5.82 Å². The van der Waals surface area contributed by atoms with Crippen LogP contribution < -0.4 is 5.73 Å². The Hall–Kier alpha value is -2.67. The highest BCUT2D eigenvalue weighted by molar-refractivity contribution is 5.90. The average Bonchev–Trinajstić information content (AvgIpc) is 2.85. The first-order chi connectivity index (χ1) is 11.2. The van der Waals surface area contributed by atoms with Gasteiger partial charge < -0.3 is 15.6 Å². The minimum atomic E-state index is -0.119. The van der Waals surface area contributed by atoms with E-state index in [0.717, 1.165) is 12.8 Å². The Labute approximate surface area is 132 Å². The minimum Gasteiger partial charge on any atom is -0.492 e. The molecule has 23 heavy (non-hydrogen) atoms. The van der Waals surface area contributed by atoms with Gasteiger partial charge in [-0.3, -0.25) is 0 Å². The van der Waals surface area contributed by atoms with Gasteiger partial charge in [0.05, 0.1) is 18.8 Å². The fourth-order valence-corrected chi connectivity index (χ4v) is 2.89. The Morgan fingerprint density at radius 2 is 2.00 bits per heavy atom. The summed E-state index contributed by atoms with van der Waals surface area (Å²) < 4.78 is 7.62. The zero-order chi connectivity index (χ0) is 15.8. The van der Waals surface area contributed by atoms with Crippen molar-refractivity contribution in [2.24, 2.45) is 0 Å². The van der Waals surface area contributed by atoms with E-state index in [4.69, 9.17) is 10.5 Å².